The van der Waals surface area contributed by atoms with Gasteiger partial charge in [0.15, 0.2) is 0 Å². The van der Waals surface area contributed by atoms with Crippen LogP contribution in [-0.2, 0) is 4.79 Å². The lowest BCUT2D eigenvalue weighted by Gasteiger charge is -2.40. The summed E-state index contributed by atoms with van der Waals surface area (Å²) in [4.78, 5) is 25.4. The fourth-order valence-corrected chi connectivity index (χ4v) is 1.82. The highest BCUT2D eigenvalue weighted by Gasteiger charge is 2.33. The average Bonchev–Trinajstić information content (AvgIpc) is 2.17. The van der Waals surface area contributed by atoms with Crippen LogP contribution in [0.2, 0.25) is 0 Å². The lowest BCUT2D eigenvalue weighted by molar-refractivity contribution is -0.139. The van der Waals surface area contributed by atoms with Gasteiger partial charge in [0, 0.05) is 32.6 Å². The fraction of sp³-hybridized carbons (Fsp3) is 0.818. The van der Waals surface area contributed by atoms with Gasteiger partial charge in [-0.2, -0.15) is 0 Å². The van der Waals surface area contributed by atoms with Gasteiger partial charge in [-0.05, 0) is 13.3 Å². The van der Waals surface area contributed by atoms with Gasteiger partial charge in [0.25, 0.3) is 0 Å². The molecule has 1 aliphatic heterocycles. The predicted octanol–water partition coefficient (Wildman–Crippen LogP) is 0.216. The van der Waals surface area contributed by atoms with E-state index in [1.807, 2.05) is 0 Å². The molecule has 1 saturated heterocycles. The molecule has 1 unspecified atom stereocenters. The number of carbonyl (C=O) groups is 2. The van der Waals surface area contributed by atoms with Gasteiger partial charge >= 0.3 is 12.0 Å². The molecule has 0 spiro atoms. The second-order valence-electron chi connectivity index (χ2n) is 4.71. The summed E-state index contributed by atoms with van der Waals surface area (Å²) in [7, 11) is 1.69. The Kier molecular flexibility index (Phi) is 4.74. The number of likely N-dealkylation sites (tertiary alicyclic amines) is 1. The maximum atomic E-state index is 11.8. The molecule has 0 aromatic rings. The Hall–Kier alpha value is -1.30. The predicted molar refractivity (Wildman–Crippen MR) is 61.6 cm³/mol. The Balaban J connectivity index is 2.24. The first-order valence-corrected chi connectivity index (χ1v) is 5.80. The highest BCUT2D eigenvalue weighted by Crippen LogP contribution is 2.20. The lowest BCUT2D eigenvalue weighted by Crippen LogP contribution is -2.54. The van der Waals surface area contributed by atoms with Gasteiger partial charge in [0.05, 0.1) is 12.5 Å². The monoisotopic (exact) mass is 244 g/mol. The summed E-state index contributed by atoms with van der Waals surface area (Å²) in [6.45, 7) is 3.23. The van der Waals surface area contributed by atoms with Gasteiger partial charge in [-0.1, -0.05) is 0 Å². The summed E-state index contributed by atoms with van der Waals surface area (Å²) in [6.07, 6.45) is 0.261. The van der Waals surface area contributed by atoms with Crippen molar-refractivity contribution in [1.82, 2.24) is 9.80 Å². The Bertz CT molecular complexity index is 287. The van der Waals surface area contributed by atoms with E-state index in [9.17, 15) is 9.59 Å². The topological polar surface area (TPSA) is 81.1 Å². The van der Waals surface area contributed by atoms with Crippen LogP contribution in [0.5, 0.6) is 0 Å². The number of rotatable bonds is 5. The Morgan fingerprint density at radius 2 is 2.06 bits per heavy atom. The van der Waals surface area contributed by atoms with E-state index in [1.165, 1.54) is 0 Å². The third-order valence-corrected chi connectivity index (χ3v) is 2.90. The molecule has 0 aromatic carbocycles. The Morgan fingerprint density at radius 3 is 2.53 bits per heavy atom. The van der Waals surface area contributed by atoms with Crippen molar-refractivity contribution in [3.8, 4) is 0 Å². The molecule has 1 heterocycles. The Labute approximate surface area is 101 Å². The number of hydrogen-bond acceptors (Lipinski definition) is 3. The summed E-state index contributed by atoms with van der Waals surface area (Å²) >= 11 is 0. The summed E-state index contributed by atoms with van der Waals surface area (Å²) in [6, 6.07) is -0.0905. The molecule has 2 N–H and O–H groups in total. The molecule has 6 heteroatoms. The average molecular weight is 244 g/mol. The molecule has 0 radical (unpaired) electrons. The molecule has 98 valence electrons. The number of amides is 2. The first kappa shape index (κ1) is 13.8. The van der Waals surface area contributed by atoms with Crippen molar-refractivity contribution in [1.29, 1.82) is 0 Å². The van der Waals surface area contributed by atoms with Crippen molar-refractivity contribution >= 4 is 12.0 Å². The highest BCUT2D eigenvalue weighted by atomic mass is 16.4. The molecule has 1 aliphatic rings. The maximum absolute atomic E-state index is 11.8. The van der Waals surface area contributed by atoms with Crippen LogP contribution in [0.3, 0.4) is 0 Å². The number of carboxylic acids is 1. The standard InChI is InChI=1S/C11H20N2O4/c1-8(14)3-4-12(2)11(17)13-6-9(7-13)5-10(15)16/h8-9,14H,3-7H2,1-2H3,(H,15,16). The molecule has 0 aliphatic carbocycles. The largest absolute Gasteiger partial charge is 0.481 e. The Morgan fingerprint density at radius 1 is 1.47 bits per heavy atom. The van der Waals surface area contributed by atoms with Crippen molar-refractivity contribution in [2.24, 2.45) is 5.92 Å². The van der Waals surface area contributed by atoms with E-state index in [-0.39, 0.29) is 18.4 Å². The van der Waals surface area contributed by atoms with Crippen molar-refractivity contribution in [3.63, 3.8) is 0 Å². The van der Waals surface area contributed by atoms with Crippen LogP contribution in [0.15, 0.2) is 0 Å². The van der Waals surface area contributed by atoms with E-state index in [1.54, 1.807) is 23.8 Å². The highest BCUT2D eigenvalue weighted by molar-refractivity contribution is 5.75. The van der Waals surface area contributed by atoms with Crippen LogP contribution in [-0.4, -0.2) is 64.8 Å². The molecule has 0 saturated carbocycles. The SMILES string of the molecule is CC(O)CCN(C)C(=O)N1CC(CC(=O)O)C1. The summed E-state index contributed by atoms with van der Waals surface area (Å²) < 4.78 is 0. The summed E-state index contributed by atoms with van der Waals surface area (Å²) in [5, 5.41) is 17.7. The first-order valence-electron chi connectivity index (χ1n) is 5.80. The van der Waals surface area contributed by atoms with Crippen molar-refractivity contribution < 1.29 is 19.8 Å². The number of aliphatic hydroxyl groups excluding tert-OH is 1. The van der Waals surface area contributed by atoms with Gasteiger partial charge < -0.3 is 20.0 Å². The molecule has 6 nitrogen and oxygen atoms in total. The van der Waals surface area contributed by atoms with Gasteiger partial charge in [0.2, 0.25) is 0 Å². The number of aliphatic carboxylic acids is 1. The van der Waals surface area contributed by atoms with E-state index in [0.717, 1.165) is 0 Å². The van der Waals surface area contributed by atoms with Crippen LogP contribution in [0.1, 0.15) is 19.8 Å². The van der Waals surface area contributed by atoms with Gasteiger partial charge in [0.1, 0.15) is 0 Å². The number of nitrogens with zero attached hydrogens (tertiary/aromatic N) is 2. The fourth-order valence-electron chi connectivity index (χ4n) is 1.82. The van der Waals surface area contributed by atoms with Crippen molar-refractivity contribution in [3.05, 3.63) is 0 Å². The smallest absolute Gasteiger partial charge is 0.319 e. The lowest BCUT2D eigenvalue weighted by atomic mass is 9.97. The van der Waals surface area contributed by atoms with Crippen LogP contribution in [0.25, 0.3) is 0 Å². The van der Waals surface area contributed by atoms with E-state index >= 15 is 0 Å². The van der Waals surface area contributed by atoms with Crippen molar-refractivity contribution in [2.75, 3.05) is 26.7 Å². The van der Waals surface area contributed by atoms with Crippen LogP contribution < -0.4 is 0 Å². The molecule has 0 bridgehead atoms. The van der Waals surface area contributed by atoms with Gasteiger partial charge in [-0.15, -0.1) is 0 Å². The molecule has 17 heavy (non-hydrogen) atoms. The second kappa shape index (κ2) is 5.86. The molecule has 1 fully saturated rings. The van der Waals surface area contributed by atoms with Crippen LogP contribution in [0, 0.1) is 5.92 Å². The quantitative estimate of drug-likeness (QED) is 0.724. The molecular weight excluding hydrogens is 224 g/mol. The summed E-state index contributed by atoms with van der Waals surface area (Å²) in [5.41, 5.74) is 0. The van der Waals surface area contributed by atoms with E-state index < -0.39 is 12.1 Å². The molecular formula is C11H20N2O4. The minimum absolute atomic E-state index is 0.0848. The number of urea groups is 1. The molecule has 1 rings (SSSR count). The zero-order valence-corrected chi connectivity index (χ0v) is 10.3. The minimum atomic E-state index is -0.815. The van der Waals surface area contributed by atoms with E-state index in [4.69, 9.17) is 10.2 Å². The first-order chi connectivity index (χ1) is 7.90. The zero-order chi connectivity index (χ0) is 13.0. The van der Waals surface area contributed by atoms with E-state index in [2.05, 4.69) is 0 Å². The third-order valence-electron chi connectivity index (χ3n) is 2.90. The van der Waals surface area contributed by atoms with Crippen molar-refractivity contribution in [2.45, 2.75) is 25.9 Å². The number of aliphatic hydroxyl groups is 1. The third kappa shape index (κ3) is 4.22. The van der Waals surface area contributed by atoms with Crippen LogP contribution >= 0.6 is 0 Å². The van der Waals surface area contributed by atoms with E-state index in [0.29, 0.717) is 26.1 Å². The zero-order valence-electron chi connectivity index (χ0n) is 10.3. The minimum Gasteiger partial charge on any atom is -0.481 e. The normalized spacial score (nSPS) is 17.5. The van der Waals surface area contributed by atoms with Crippen LogP contribution in [0.4, 0.5) is 4.79 Å². The molecule has 2 amide bonds. The second-order valence-corrected chi connectivity index (χ2v) is 4.71. The number of carbonyl (C=O) groups excluding carboxylic acids is 1. The van der Waals surface area contributed by atoms with Gasteiger partial charge in [-0.25, -0.2) is 4.79 Å². The molecule has 1 atom stereocenters. The summed E-state index contributed by atoms with van der Waals surface area (Å²) in [5.74, 6) is -0.730. The maximum Gasteiger partial charge on any atom is 0.319 e. The molecule has 0 aromatic heterocycles. The number of carboxylic acid groups (broad SMARTS) is 1. The number of hydrogen-bond donors (Lipinski definition) is 2. The van der Waals surface area contributed by atoms with Gasteiger partial charge in [-0.3, -0.25) is 4.79 Å².